The van der Waals surface area contributed by atoms with Gasteiger partial charge in [-0.2, -0.15) is 11.8 Å². The molecule has 0 amide bonds. The molecule has 0 aromatic heterocycles. The fourth-order valence-corrected chi connectivity index (χ4v) is 0. The Kier molecular flexibility index (Phi) is 5.23. The van der Waals surface area contributed by atoms with Gasteiger partial charge in [0.2, 0.25) is 0 Å². The van der Waals surface area contributed by atoms with Gasteiger partial charge >= 0.3 is 17.1 Å². The molecule has 0 rings (SSSR count). The summed E-state index contributed by atoms with van der Waals surface area (Å²) in [4.78, 5) is 26.8. The minimum atomic E-state index is -4.56. The van der Waals surface area contributed by atoms with Crippen molar-refractivity contribution in [2.45, 2.75) is 0 Å². The van der Waals surface area contributed by atoms with E-state index in [1.54, 1.807) is 0 Å². The number of rotatable bonds is 0. The molecule has 0 saturated carbocycles. The van der Waals surface area contributed by atoms with Crippen LogP contribution in [0.2, 0.25) is 0 Å². The molecule has 0 aromatic carbocycles. The Hall–Kier alpha value is 1.05. The summed E-state index contributed by atoms with van der Waals surface area (Å²) in [5, 5.41) is 0. The van der Waals surface area contributed by atoms with Gasteiger partial charge in [0, 0.05) is 0 Å². The molecule has 6 heavy (non-hydrogen) atoms. The molecule has 0 aliphatic rings. The molecule has 0 aliphatic heterocycles. The molecule has 3 nitrogen and oxygen atoms in total. The average Bonchev–Trinajstić information content (AvgIpc) is 0.722. The molecule has 0 saturated heterocycles. The first-order valence-electron chi connectivity index (χ1n) is 0.730. The zero-order valence-electron chi connectivity index (χ0n) is 2.46. The third-order valence-corrected chi connectivity index (χ3v) is 0. The van der Waals surface area contributed by atoms with E-state index in [9.17, 15) is 0 Å². The van der Waals surface area contributed by atoms with Gasteiger partial charge in [-0.05, 0) is 0 Å². The zero-order chi connectivity index (χ0) is 4.50. The smallest absolute Gasteiger partial charge is 0.844 e. The molecule has 0 unspecified atom stereocenters. The van der Waals surface area contributed by atoms with Gasteiger partial charge in [-0.15, -0.1) is 0 Å². The van der Waals surface area contributed by atoms with Crippen LogP contribution in [0.1, 0.15) is 0 Å². The molecule has 0 bridgehead atoms. The van der Waals surface area contributed by atoms with Crippen LogP contribution in [0.3, 0.4) is 0 Å². The molecule has 6 heteroatoms. The van der Waals surface area contributed by atoms with E-state index < -0.39 is 6.72 Å². The topological polar surface area (TPSA) is 69.2 Å². The second-order valence-electron chi connectivity index (χ2n) is 0.447. The van der Waals surface area contributed by atoms with Crippen LogP contribution in [-0.2, 0) is 28.9 Å². The minimum absolute atomic E-state index is 0. The average molecular weight is 166 g/mol. The van der Waals surface area contributed by atoms with Crippen molar-refractivity contribution in [2.75, 3.05) is 0 Å². The van der Waals surface area contributed by atoms with E-state index in [0.717, 1.165) is 0 Å². The first kappa shape index (κ1) is 10.1. The minimum Gasteiger partial charge on any atom is -0.844 e. The van der Waals surface area contributed by atoms with Gasteiger partial charge in [0.25, 0.3) is 0 Å². The van der Waals surface area contributed by atoms with E-state index >= 15 is 0 Å². The third kappa shape index (κ3) is 75.2. The molecule has 0 N–H and O–H groups in total. The van der Waals surface area contributed by atoms with Crippen LogP contribution < -0.4 is 14.7 Å². The van der Waals surface area contributed by atoms with Crippen LogP contribution in [0.25, 0.3) is 0 Å². The van der Waals surface area contributed by atoms with E-state index in [4.69, 9.17) is 14.7 Å². The number of hydrogen-bond acceptors (Lipinski definition) is 4. The summed E-state index contributed by atoms with van der Waals surface area (Å²) in [5.74, 6) is 0. The Bertz CT molecular complexity index is 56.9. The molecule has 0 heterocycles. The SMILES string of the molecule is [Mn+3].[O-]P([O-])([O-])=S. The summed E-state index contributed by atoms with van der Waals surface area (Å²) in [6.45, 7) is -4.56. The number of hydrogen-bond donors (Lipinski definition) is 0. The van der Waals surface area contributed by atoms with Crippen LogP contribution in [0.4, 0.5) is 0 Å². The van der Waals surface area contributed by atoms with Gasteiger partial charge in [-0.25, -0.2) is 0 Å². The van der Waals surface area contributed by atoms with Crippen molar-refractivity contribution in [1.82, 2.24) is 0 Å². The van der Waals surface area contributed by atoms with Crippen LogP contribution in [0.5, 0.6) is 0 Å². The Morgan fingerprint density at radius 1 is 1.17 bits per heavy atom. The van der Waals surface area contributed by atoms with Crippen molar-refractivity contribution in [3.05, 3.63) is 0 Å². The normalized spacial score (nSPS) is 9.83. The third-order valence-electron chi connectivity index (χ3n) is 0. The quantitative estimate of drug-likeness (QED) is 0.289. The first-order valence-corrected chi connectivity index (χ1v) is 3.29. The van der Waals surface area contributed by atoms with Crippen molar-refractivity contribution in [1.29, 1.82) is 0 Å². The molecule has 0 fully saturated rings. The van der Waals surface area contributed by atoms with Gasteiger partial charge in [-0.3, -0.25) is 0 Å². The van der Waals surface area contributed by atoms with Crippen LogP contribution >= 0.6 is 6.72 Å². The molecule has 0 aliphatic carbocycles. The molecule has 36 valence electrons. The van der Waals surface area contributed by atoms with Crippen LogP contribution in [-0.4, -0.2) is 0 Å². The predicted molar refractivity (Wildman–Crippen MR) is 14.3 cm³/mol. The Labute approximate surface area is 50.7 Å². The Morgan fingerprint density at radius 3 is 1.17 bits per heavy atom. The summed E-state index contributed by atoms with van der Waals surface area (Å²) >= 11 is 3.27. The summed E-state index contributed by atoms with van der Waals surface area (Å²) in [6.07, 6.45) is 0. The second kappa shape index (κ2) is 3.10. The van der Waals surface area contributed by atoms with E-state index in [0.29, 0.717) is 0 Å². The van der Waals surface area contributed by atoms with Crippen LogP contribution in [0.15, 0.2) is 0 Å². The van der Waals surface area contributed by atoms with Crippen molar-refractivity contribution >= 4 is 18.5 Å². The summed E-state index contributed by atoms with van der Waals surface area (Å²) in [6, 6.07) is 0. The molecule has 0 spiro atoms. The maximum Gasteiger partial charge on any atom is 3.00 e. The molecular weight excluding hydrogens is 166 g/mol. The first-order chi connectivity index (χ1) is 2.00. The van der Waals surface area contributed by atoms with E-state index in [-0.39, 0.29) is 17.1 Å². The van der Waals surface area contributed by atoms with Gasteiger partial charge in [0.15, 0.2) is 0 Å². The molecule has 0 atom stereocenters. The summed E-state index contributed by atoms with van der Waals surface area (Å²) in [5.41, 5.74) is 0. The monoisotopic (exact) mass is 166 g/mol. The maximum absolute atomic E-state index is 8.92. The predicted octanol–water partition coefficient (Wildman–Crippen LogP) is -2.71. The summed E-state index contributed by atoms with van der Waals surface area (Å²) in [7, 11) is 0. The van der Waals surface area contributed by atoms with Gasteiger partial charge in [-0.1, -0.05) is 0 Å². The summed E-state index contributed by atoms with van der Waals surface area (Å²) < 4.78 is 0. The molecule has 0 radical (unpaired) electrons. The van der Waals surface area contributed by atoms with Crippen molar-refractivity contribution in [2.24, 2.45) is 0 Å². The van der Waals surface area contributed by atoms with Crippen LogP contribution in [0, 0.1) is 0 Å². The second-order valence-corrected chi connectivity index (χ2v) is 2.68. The van der Waals surface area contributed by atoms with E-state index in [1.165, 1.54) is 0 Å². The largest absolute Gasteiger partial charge is 3.00 e. The fraction of sp³-hybridized carbons (Fsp3) is 0. The molecule has 0 aromatic rings. The molecular formula is MnO3PS. The van der Waals surface area contributed by atoms with Crippen molar-refractivity contribution < 1.29 is 31.7 Å². The maximum atomic E-state index is 8.92. The Balaban J connectivity index is 0. The van der Waals surface area contributed by atoms with Crippen molar-refractivity contribution in [3.63, 3.8) is 0 Å². The Morgan fingerprint density at radius 2 is 1.17 bits per heavy atom. The van der Waals surface area contributed by atoms with Gasteiger partial charge < -0.3 is 21.4 Å². The van der Waals surface area contributed by atoms with Gasteiger partial charge in [0.1, 0.15) is 0 Å². The fourth-order valence-electron chi connectivity index (χ4n) is 0. The van der Waals surface area contributed by atoms with Gasteiger partial charge in [0.05, 0.1) is 0 Å². The van der Waals surface area contributed by atoms with E-state index in [2.05, 4.69) is 11.8 Å². The standard InChI is InChI=1S/Mn.H3O3PS/c;1-4(2,3)5/h;(H3,1,2,3,5)/q+3;/p-3. The van der Waals surface area contributed by atoms with Crippen molar-refractivity contribution in [3.8, 4) is 0 Å². The van der Waals surface area contributed by atoms with E-state index in [1.807, 2.05) is 0 Å². The zero-order valence-corrected chi connectivity index (χ0v) is 5.35.